The van der Waals surface area contributed by atoms with Gasteiger partial charge in [0.25, 0.3) is 0 Å². The Hall–Kier alpha value is -1.53. The van der Waals surface area contributed by atoms with Crippen molar-refractivity contribution >= 4 is 11.8 Å². The molecule has 1 N–H and O–H groups in total. The van der Waals surface area contributed by atoms with Gasteiger partial charge in [-0.15, -0.1) is 5.10 Å². The van der Waals surface area contributed by atoms with Crippen LogP contribution in [0, 0.1) is 0 Å². The number of thioether (sulfide) groups is 1. The van der Waals surface area contributed by atoms with Gasteiger partial charge in [0.15, 0.2) is 5.16 Å². The number of ether oxygens (including phenoxy) is 1. The molecular formula is C17H21N3O2S. The summed E-state index contributed by atoms with van der Waals surface area (Å²) in [5, 5.41) is 8.02. The van der Waals surface area contributed by atoms with Gasteiger partial charge in [0, 0.05) is 11.9 Å². The van der Waals surface area contributed by atoms with Crippen LogP contribution in [0.25, 0.3) is 0 Å². The van der Waals surface area contributed by atoms with E-state index < -0.39 is 0 Å². The Bertz CT molecular complexity index is 733. The Balaban J connectivity index is 1.57. The van der Waals surface area contributed by atoms with Gasteiger partial charge in [-0.3, -0.25) is 4.57 Å². The maximum absolute atomic E-state index is 12.1. The molecule has 5 nitrogen and oxygen atoms in total. The third-order valence-electron chi connectivity index (χ3n) is 4.70. The first kappa shape index (κ1) is 15.0. The molecule has 1 aliphatic heterocycles. The number of aryl methyl sites for hydroxylation is 1. The summed E-state index contributed by atoms with van der Waals surface area (Å²) < 4.78 is 7.42. The third kappa shape index (κ3) is 3.10. The molecule has 1 aromatic heterocycles. The van der Waals surface area contributed by atoms with Crippen LogP contribution in [0.4, 0.5) is 0 Å². The van der Waals surface area contributed by atoms with Gasteiger partial charge in [0.05, 0.1) is 12.6 Å². The molecule has 0 bridgehead atoms. The van der Waals surface area contributed by atoms with Gasteiger partial charge in [0.1, 0.15) is 0 Å². The minimum absolute atomic E-state index is 0.132. The zero-order valence-electron chi connectivity index (χ0n) is 13.0. The Labute approximate surface area is 139 Å². The molecule has 6 heteroatoms. The highest BCUT2D eigenvalue weighted by atomic mass is 32.2. The van der Waals surface area contributed by atoms with Gasteiger partial charge in [-0.1, -0.05) is 36.0 Å². The second-order valence-electron chi connectivity index (χ2n) is 6.25. The maximum atomic E-state index is 12.1. The Morgan fingerprint density at radius 1 is 1.30 bits per heavy atom. The van der Waals surface area contributed by atoms with Crippen molar-refractivity contribution in [2.45, 2.75) is 55.2 Å². The number of benzene rings is 1. The van der Waals surface area contributed by atoms with Crippen LogP contribution < -0.4 is 5.69 Å². The third-order valence-corrected chi connectivity index (χ3v) is 5.99. The van der Waals surface area contributed by atoms with Crippen molar-refractivity contribution in [3.8, 4) is 0 Å². The second kappa shape index (κ2) is 6.53. The van der Waals surface area contributed by atoms with Gasteiger partial charge in [-0.25, -0.2) is 9.89 Å². The summed E-state index contributed by atoms with van der Waals surface area (Å²) in [6.45, 7) is 1.40. The molecule has 2 unspecified atom stereocenters. The lowest BCUT2D eigenvalue weighted by molar-refractivity contribution is 0.0941. The average molecular weight is 331 g/mol. The summed E-state index contributed by atoms with van der Waals surface area (Å²) >= 11 is 1.70. The van der Waals surface area contributed by atoms with Crippen molar-refractivity contribution < 1.29 is 4.74 Å². The van der Waals surface area contributed by atoms with E-state index in [2.05, 4.69) is 34.5 Å². The molecule has 23 heavy (non-hydrogen) atoms. The number of hydrogen-bond acceptors (Lipinski definition) is 4. The van der Waals surface area contributed by atoms with Gasteiger partial charge < -0.3 is 4.74 Å². The molecule has 1 fully saturated rings. The number of aromatic nitrogens is 3. The summed E-state index contributed by atoms with van der Waals surface area (Å²) in [7, 11) is 0. The lowest BCUT2D eigenvalue weighted by Gasteiger charge is -2.24. The predicted octanol–water partition coefficient (Wildman–Crippen LogP) is 2.92. The zero-order valence-corrected chi connectivity index (χ0v) is 13.8. The molecule has 2 aromatic rings. The van der Waals surface area contributed by atoms with Crippen molar-refractivity contribution in [2.24, 2.45) is 0 Å². The van der Waals surface area contributed by atoms with E-state index in [9.17, 15) is 4.79 Å². The topological polar surface area (TPSA) is 59.9 Å². The first-order chi connectivity index (χ1) is 11.3. The molecule has 1 aliphatic carbocycles. The Morgan fingerprint density at radius 2 is 2.22 bits per heavy atom. The SMILES string of the molecule is O=c1[nH]nc(SC2CCCc3ccccc32)n1CC1CCCO1. The molecule has 4 rings (SSSR count). The Morgan fingerprint density at radius 3 is 3.09 bits per heavy atom. The first-order valence-corrected chi connectivity index (χ1v) is 9.20. The fourth-order valence-corrected chi connectivity index (χ4v) is 4.78. The molecule has 0 radical (unpaired) electrons. The quantitative estimate of drug-likeness (QED) is 0.936. The summed E-state index contributed by atoms with van der Waals surface area (Å²) in [6, 6.07) is 8.63. The molecule has 0 spiro atoms. The van der Waals surface area contributed by atoms with E-state index in [1.807, 2.05) is 0 Å². The fourth-order valence-electron chi connectivity index (χ4n) is 3.51. The molecule has 2 aliphatic rings. The van der Waals surface area contributed by atoms with Crippen LogP contribution in [0.15, 0.2) is 34.2 Å². The summed E-state index contributed by atoms with van der Waals surface area (Å²) in [5.41, 5.74) is 2.69. The first-order valence-electron chi connectivity index (χ1n) is 8.32. The summed E-state index contributed by atoms with van der Waals surface area (Å²) in [5.74, 6) is 0. The number of H-pyrrole nitrogens is 1. The summed E-state index contributed by atoms with van der Waals surface area (Å²) in [6.07, 6.45) is 5.71. The minimum Gasteiger partial charge on any atom is -0.376 e. The molecule has 0 saturated carbocycles. The molecule has 2 heterocycles. The minimum atomic E-state index is -0.132. The summed E-state index contributed by atoms with van der Waals surface area (Å²) in [4.78, 5) is 12.1. The van der Waals surface area contributed by atoms with E-state index in [1.165, 1.54) is 17.5 Å². The van der Waals surface area contributed by atoms with Gasteiger partial charge >= 0.3 is 5.69 Å². The monoisotopic (exact) mass is 331 g/mol. The highest BCUT2D eigenvalue weighted by molar-refractivity contribution is 7.99. The average Bonchev–Trinajstić information content (AvgIpc) is 3.21. The van der Waals surface area contributed by atoms with E-state index in [4.69, 9.17) is 4.74 Å². The van der Waals surface area contributed by atoms with Crippen LogP contribution in [-0.4, -0.2) is 27.5 Å². The smallest absolute Gasteiger partial charge is 0.344 e. The van der Waals surface area contributed by atoms with Crippen molar-refractivity contribution in [3.63, 3.8) is 0 Å². The largest absolute Gasteiger partial charge is 0.376 e. The van der Waals surface area contributed by atoms with E-state index in [0.717, 1.165) is 37.4 Å². The fraction of sp³-hybridized carbons (Fsp3) is 0.529. The maximum Gasteiger partial charge on any atom is 0.344 e. The molecular weight excluding hydrogens is 310 g/mol. The number of hydrogen-bond donors (Lipinski definition) is 1. The number of fused-ring (bicyclic) bond motifs is 1. The van der Waals surface area contributed by atoms with E-state index in [0.29, 0.717) is 11.8 Å². The lowest BCUT2D eigenvalue weighted by Crippen LogP contribution is -2.25. The van der Waals surface area contributed by atoms with Crippen LogP contribution >= 0.6 is 11.8 Å². The number of nitrogens with zero attached hydrogens (tertiary/aromatic N) is 2. The van der Waals surface area contributed by atoms with Crippen molar-refractivity contribution in [1.29, 1.82) is 0 Å². The normalized spacial score (nSPS) is 23.8. The zero-order chi connectivity index (χ0) is 15.6. The predicted molar refractivity (Wildman–Crippen MR) is 89.8 cm³/mol. The van der Waals surface area contributed by atoms with Gasteiger partial charge in [-0.2, -0.15) is 0 Å². The molecule has 1 saturated heterocycles. The molecule has 122 valence electrons. The standard InChI is InChI=1S/C17H21N3O2S/c21-16-18-19-17(20(16)11-13-7-4-10-22-13)23-15-9-3-6-12-5-1-2-8-14(12)15/h1-2,5,8,13,15H,3-4,6-7,9-11H2,(H,18,21). The van der Waals surface area contributed by atoms with Crippen molar-refractivity contribution in [1.82, 2.24) is 14.8 Å². The number of nitrogens with one attached hydrogen (secondary N) is 1. The highest BCUT2D eigenvalue weighted by Gasteiger charge is 2.25. The van der Waals surface area contributed by atoms with E-state index in [-0.39, 0.29) is 11.8 Å². The highest BCUT2D eigenvalue weighted by Crippen LogP contribution is 2.42. The number of rotatable bonds is 4. The lowest BCUT2D eigenvalue weighted by atomic mass is 9.91. The van der Waals surface area contributed by atoms with Gasteiger partial charge in [-0.05, 0) is 43.2 Å². The van der Waals surface area contributed by atoms with E-state index in [1.54, 1.807) is 16.3 Å². The van der Waals surface area contributed by atoms with Crippen LogP contribution in [0.2, 0.25) is 0 Å². The van der Waals surface area contributed by atoms with E-state index >= 15 is 0 Å². The van der Waals surface area contributed by atoms with Crippen LogP contribution in [0.1, 0.15) is 42.1 Å². The molecule has 1 aromatic carbocycles. The number of aromatic amines is 1. The molecule has 0 amide bonds. The van der Waals surface area contributed by atoms with Crippen molar-refractivity contribution in [3.05, 3.63) is 45.9 Å². The van der Waals surface area contributed by atoms with Gasteiger partial charge in [0.2, 0.25) is 0 Å². The van der Waals surface area contributed by atoms with Crippen LogP contribution in [0.3, 0.4) is 0 Å². The van der Waals surface area contributed by atoms with Crippen LogP contribution in [0.5, 0.6) is 0 Å². The second-order valence-corrected chi connectivity index (χ2v) is 7.42. The van der Waals surface area contributed by atoms with Crippen molar-refractivity contribution in [2.75, 3.05) is 6.61 Å². The van der Waals surface area contributed by atoms with Crippen LogP contribution in [-0.2, 0) is 17.7 Å². The molecule has 2 atom stereocenters. The Kier molecular flexibility index (Phi) is 4.27.